The zero-order chi connectivity index (χ0) is 34.5. The summed E-state index contributed by atoms with van der Waals surface area (Å²) in [6.07, 6.45) is 0. The lowest BCUT2D eigenvalue weighted by molar-refractivity contribution is 0.619. The molecule has 9 aromatic carbocycles. The minimum Gasteiger partial charge on any atom is -0.307 e. The van der Waals surface area contributed by atoms with Crippen molar-refractivity contribution in [2.24, 2.45) is 0 Å². The van der Waals surface area contributed by atoms with E-state index in [-0.39, 0.29) is 17.2 Å². The van der Waals surface area contributed by atoms with Crippen LogP contribution in [0.5, 0.6) is 0 Å². The first kappa shape index (κ1) is 30.5. The Bertz CT molecular complexity index is 2650. The van der Waals surface area contributed by atoms with Gasteiger partial charge in [0.25, 0.3) is 0 Å². The first-order valence-corrected chi connectivity index (χ1v) is 16.8. The molecule has 244 valence electrons. The number of hydrogen-bond acceptors (Lipinski definition) is 2. The summed E-state index contributed by atoms with van der Waals surface area (Å²) in [6, 6.07) is 54.0. The number of anilines is 6. The summed E-state index contributed by atoms with van der Waals surface area (Å²) in [5.41, 5.74) is 4.88. The molecule has 0 atom stereocenters. The molecule has 0 spiro atoms. The maximum Gasteiger partial charge on any atom is 0.147 e. The second-order valence-electron chi connectivity index (χ2n) is 12.5. The van der Waals surface area contributed by atoms with Gasteiger partial charge in [-0.25, -0.2) is 13.2 Å². The van der Waals surface area contributed by atoms with Gasteiger partial charge in [0, 0.05) is 16.5 Å². The number of benzene rings is 9. The fourth-order valence-corrected chi connectivity index (χ4v) is 7.30. The first-order chi connectivity index (χ1) is 25.1. The average Bonchev–Trinajstić information content (AvgIpc) is 3.17. The van der Waals surface area contributed by atoms with Crippen molar-refractivity contribution in [1.29, 1.82) is 0 Å². The molecule has 0 N–H and O–H groups in total. The van der Waals surface area contributed by atoms with Gasteiger partial charge < -0.3 is 9.80 Å². The fourth-order valence-electron chi connectivity index (χ4n) is 7.30. The summed E-state index contributed by atoms with van der Waals surface area (Å²) in [7, 11) is 0. The van der Waals surface area contributed by atoms with Gasteiger partial charge in [-0.1, -0.05) is 115 Å². The van der Waals surface area contributed by atoms with Gasteiger partial charge in [-0.2, -0.15) is 0 Å². The SMILES string of the molecule is Fc1cc(-c2ccccc2)ccc1N(c1ccccc1)c1ccc2ccc3c(N(c4ccccc4F)c4ccccc4F)ccc4ccc1c2c43. The molecule has 0 heterocycles. The molecule has 0 amide bonds. The van der Waals surface area contributed by atoms with Crippen LogP contribution in [0.3, 0.4) is 0 Å². The molecule has 5 heteroatoms. The van der Waals surface area contributed by atoms with E-state index in [1.807, 2.05) is 108 Å². The van der Waals surface area contributed by atoms with Gasteiger partial charge in [0.1, 0.15) is 17.5 Å². The molecule has 51 heavy (non-hydrogen) atoms. The molecule has 2 nitrogen and oxygen atoms in total. The fraction of sp³-hybridized carbons (Fsp3) is 0. The van der Waals surface area contributed by atoms with Crippen molar-refractivity contribution >= 4 is 66.4 Å². The summed E-state index contributed by atoms with van der Waals surface area (Å²) in [5.74, 6) is -1.28. The van der Waals surface area contributed by atoms with Crippen LogP contribution < -0.4 is 9.80 Å². The maximum atomic E-state index is 16.4. The average molecular weight is 667 g/mol. The highest BCUT2D eigenvalue weighted by molar-refractivity contribution is 6.28. The van der Waals surface area contributed by atoms with E-state index >= 15 is 13.2 Å². The lowest BCUT2D eigenvalue weighted by Gasteiger charge is -2.29. The number of halogens is 3. The highest BCUT2D eigenvalue weighted by Gasteiger charge is 2.25. The third kappa shape index (κ3) is 5.13. The molecule has 0 aliphatic carbocycles. The lowest BCUT2D eigenvalue weighted by atomic mass is 9.91. The summed E-state index contributed by atoms with van der Waals surface area (Å²) >= 11 is 0. The Balaban J connectivity index is 1.29. The molecule has 0 unspecified atom stereocenters. The Hall–Kier alpha value is -6.59. The van der Waals surface area contributed by atoms with E-state index in [2.05, 4.69) is 18.2 Å². The minimum absolute atomic E-state index is 0.239. The van der Waals surface area contributed by atoms with Crippen molar-refractivity contribution in [3.8, 4) is 11.1 Å². The Kier molecular flexibility index (Phi) is 7.40. The van der Waals surface area contributed by atoms with Crippen molar-refractivity contribution in [1.82, 2.24) is 0 Å². The van der Waals surface area contributed by atoms with Gasteiger partial charge in [0.05, 0.1) is 28.4 Å². The molecule has 0 aliphatic heterocycles. The largest absolute Gasteiger partial charge is 0.307 e. The Morgan fingerprint density at radius 3 is 1.31 bits per heavy atom. The molecule has 9 aromatic rings. The summed E-state index contributed by atoms with van der Waals surface area (Å²) in [6.45, 7) is 0. The first-order valence-electron chi connectivity index (χ1n) is 16.8. The second-order valence-corrected chi connectivity index (χ2v) is 12.5. The lowest BCUT2D eigenvalue weighted by Crippen LogP contribution is -2.14. The Morgan fingerprint density at radius 2 is 0.765 bits per heavy atom. The van der Waals surface area contributed by atoms with Gasteiger partial charge in [0.2, 0.25) is 0 Å². The molecule has 0 bridgehead atoms. The summed E-state index contributed by atoms with van der Waals surface area (Å²) < 4.78 is 47.5. The van der Waals surface area contributed by atoms with Crippen LogP contribution in [0.2, 0.25) is 0 Å². The maximum absolute atomic E-state index is 16.4. The highest BCUT2D eigenvalue weighted by atomic mass is 19.1. The third-order valence-electron chi connectivity index (χ3n) is 9.60. The monoisotopic (exact) mass is 666 g/mol. The zero-order valence-corrected chi connectivity index (χ0v) is 27.3. The van der Waals surface area contributed by atoms with E-state index in [9.17, 15) is 0 Å². The van der Waals surface area contributed by atoms with Gasteiger partial charge in [-0.3, -0.25) is 0 Å². The van der Waals surface area contributed by atoms with Crippen LogP contribution in [0.15, 0.2) is 176 Å². The van der Waals surface area contributed by atoms with Crippen LogP contribution in [-0.4, -0.2) is 0 Å². The van der Waals surface area contributed by atoms with Gasteiger partial charge in [-0.05, 0) is 93.3 Å². The Labute approximate surface area is 293 Å². The smallest absolute Gasteiger partial charge is 0.147 e. The predicted octanol–water partition coefficient (Wildman–Crippen LogP) is 13.6. The number of rotatable bonds is 7. The van der Waals surface area contributed by atoms with Gasteiger partial charge in [0.15, 0.2) is 0 Å². The molecule has 0 aromatic heterocycles. The minimum atomic E-state index is -0.465. The van der Waals surface area contributed by atoms with Crippen molar-refractivity contribution in [3.63, 3.8) is 0 Å². The van der Waals surface area contributed by atoms with Crippen molar-refractivity contribution in [2.75, 3.05) is 9.80 Å². The van der Waals surface area contributed by atoms with Crippen molar-refractivity contribution in [2.45, 2.75) is 0 Å². The number of para-hydroxylation sites is 3. The molecule has 0 radical (unpaired) electrons. The van der Waals surface area contributed by atoms with E-state index < -0.39 is 11.6 Å². The van der Waals surface area contributed by atoms with Crippen molar-refractivity contribution in [3.05, 3.63) is 193 Å². The second kappa shape index (κ2) is 12.4. The quantitative estimate of drug-likeness (QED) is 0.156. The topological polar surface area (TPSA) is 6.48 Å². The van der Waals surface area contributed by atoms with Gasteiger partial charge >= 0.3 is 0 Å². The van der Waals surface area contributed by atoms with E-state index in [1.54, 1.807) is 47.4 Å². The molecule has 9 rings (SSSR count). The van der Waals surface area contributed by atoms with E-state index in [0.717, 1.165) is 54.8 Å². The third-order valence-corrected chi connectivity index (χ3v) is 9.60. The van der Waals surface area contributed by atoms with E-state index in [4.69, 9.17) is 0 Å². The van der Waals surface area contributed by atoms with Crippen LogP contribution in [0.25, 0.3) is 43.4 Å². The standard InChI is InChI=1S/C46H29F3N2/c47-37-15-7-9-17-42(37)51(43-18-10-8-16-38(43)48)41-27-22-32-19-24-35-40(26-21-31-20-25-36(41)46(32)45(31)35)50(34-13-5-2-6-14-34)44-28-23-33(29-39(44)49)30-11-3-1-4-12-30/h1-29H. The number of hydrogen-bond donors (Lipinski definition) is 0. The van der Waals surface area contributed by atoms with Crippen LogP contribution >= 0.6 is 0 Å². The van der Waals surface area contributed by atoms with Crippen LogP contribution in [0, 0.1) is 17.5 Å². The molecular formula is C46H29F3N2. The molecular weight excluding hydrogens is 638 g/mol. The molecule has 0 saturated heterocycles. The van der Waals surface area contributed by atoms with Crippen LogP contribution in [-0.2, 0) is 0 Å². The summed E-state index contributed by atoms with van der Waals surface area (Å²) in [4.78, 5) is 3.61. The van der Waals surface area contributed by atoms with Crippen LogP contribution in [0.4, 0.5) is 47.3 Å². The van der Waals surface area contributed by atoms with Gasteiger partial charge in [-0.15, -0.1) is 0 Å². The molecule has 0 saturated carbocycles. The summed E-state index contributed by atoms with van der Waals surface area (Å²) in [5, 5.41) is 5.67. The highest BCUT2D eigenvalue weighted by Crippen LogP contribution is 2.48. The predicted molar refractivity (Wildman–Crippen MR) is 205 cm³/mol. The van der Waals surface area contributed by atoms with E-state index in [0.29, 0.717) is 11.4 Å². The molecule has 0 fully saturated rings. The zero-order valence-electron chi connectivity index (χ0n) is 27.3. The molecule has 0 aliphatic rings. The van der Waals surface area contributed by atoms with Crippen molar-refractivity contribution < 1.29 is 13.2 Å². The normalized spacial score (nSPS) is 11.4. The van der Waals surface area contributed by atoms with E-state index in [1.165, 1.54) is 12.1 Å². The van der Waals surface area contributed by atoms with Crippen LogP contribution in [0.1, 0.15) is 0 Å². The Morgan fingerprint density at radius 1 is 0.314 bits per heavy atom. The number of nitrogens with zero attached hydrogens (tertiary/aromatic N) is 2.